The Bertz CT molecular complexity index is 183. The quantitative estimate of drug-likeness (QED) is 0.476. The van der Waals surface area contributed by atoms with E-state index < -0.39 is 0 Å². The summed E-state index contributed by atoms with van der Waals surface area (Å²) in [7, 11) is 0. The molecule has 1 heterocycles. The number of hydrogen-bond donors (Lipinski definition) is 0. The second-order valence-corrected chi connectivity index (χ2v) is 4.42. The van der Waals surface area contributed by atoms with E-state index in [0.717, 1.165) is 13.2 Å². The molecule has 3 heteroatoms. The maximum atomic E-state index is 2.42. The first kappa shape index (κ1) is 15.8. The minimum atomic E-state index is 0. The first-order valence-electron chi connectivity index (χ1n) is 6.53. The smallest absolute Gasteiger partial charge is 0.0893 e. The summed E-state index contributed by atoms with van der Waals surface area (Å²) in [6.07, 6.45) is 12.8. The third-order valence-electron chi connectivity index (χ3n) is 3.06. The molecule has 1 rings (SSSR count). The third-order valence-corrected chi connectivity index (χ3v) is 3.06. The van der Waals surface area contributed by atoms with Crippen molar-refractivity contribution in [1.29, 1.82) is 0 Å². The molecule has 0 aromatic heterocycles. The van der Waals surface area contributed by atoms with Gasteiger partial charge in [0.2, 0.25) is 0 Å². The molecule has 0 bridgehead atoms. The lowest BCUT2D eigenvalue weighted by Gasteiger charge is -2.19. The van der Waals surface area contributed by atoms with Gasteiger partial charge in [-0.15, -0.1) is 0 Å². The maximum absolute atomic E-state index is 2.42. The Labute approximate surface area is 105 Å². The van der Waals surface area contributed by atoms with Crippen molar-refractivity contribution in [2.75, 3.05) is 19.8 Å². The molecule has 0 saturated carbocycles. The second-order valence-electron chi connectivity index (χ2n) is 4.42. The zero-order valence-electron chi connectivity index (χ0n) is 11.1. The largest absolute Gasteiger partial charge is 0.359 e. The standard InChI is InChI=1S/C13H26N2.H3P/c1-3-5-6-7-8-9-10-15-12-11-14(4-2)13-15;/h11-12H,3-10,13H2,1-2H3;1H3. The molecule has 0 spiro atoms. The molecular formula is C13H29N2P. The van der Waals surface area contributed by atoms with Crippen LogP contribution in [0.4, 0.5) is 0 Å². The van der Waals surface area contributed by atoms with Crippen LogP contribution in [0.15, 0.2) is 12.4 Å². The minimum Gasteiger partial charge on any atom is -0.359 e. The molecule has 0 saturated heterocycles. The van der Waals surface area contributed by atoms with Gasteiger partial charge in [-0.25, -0.2) is 0 Å². The number of nitrogens with zero attached hydrogens (tertiary/aromatic N) is 2. The van der Waals surface area contributed by atoms with Crippen molar-refractivity contribution in [2.45, 2.75) is 52.4 Å². The molecule has 2 nitrogen and oxygen atoms in total. The highest BCUT2D eigenvalue weighted by Gasteiger charge is 2.08. The van der Waals surface area contributed by atoms with E-state index in [9.17, 15) is 0 Å². The molecule has 0 N–H and O–H groups in total. The highest BCUT2D eigenvalue weighted by molar-refractivity contribution is 6.92. The van der Waals surface area contributed by atoms with Gasteiger partial charge in [0.1, 0.15) is 0 Å². The molecule has 0 aromatic carbocycles. The van der Waals surface area contributed by atoms with Gasteiger partial charge in [-0.2, -0.15) is 9.90 Å². The lowest BCUT2D eigenvalue weighted by atomic mass is 10.1. The Morgan fingerprint density at radius 3 is 2.12 bits per heavy atom. The van der Waals surface area contributed by atoms with E-state index >= 15 is 0 Å². The van der Waals surface area contributed by atoms with Crippen molar-refractivity contribution < 1.29 is 0 Å². The number of rotatable bonds is 8. The monoisotopic (exact) mass is 244 g/mol. The summed E-state index contributed by atoms with van der Waals surface area (Å²) >= 11 is 0. The van der Waals surface area contributed by atoms with Crippen LogP contribution in [0.3, 0.4) is 0 Å². The molecule has 1 aliphatic heterocycles. The molecule has 1 aliphatic rings. The van der Waals surface area contributed by atoms with Crippen LogP contribution in [0.1, 0.15) is 52.4 Å². The van der Waals surface area contributed by atoms with Crippen LogP contribution >= 0.6 is 9.90 Å². The van der Waals surface area contributed by atoms with Crippen molar-refractivity contribution >= 4 is 9.90 Å². The second kappa shape index (κ2) is 9.96. The summed E-state index contributed by atoms with van der Waals surface area (Å²) in [5.74, 6) is 0. The predicted molar refractivity (Wildman–Crippen MR) is 77.6 cm³/mol. The van der Waals surface area contributed by atoms with Crippen LogP contribution in [0.25, 0.3) is 0 Å². The van der Waals surface area contributed by atoms with Crippen LogP contribution in [0.2, 0.25) is 0 Å². The molecule has 1 unspecified atom stereocenters. The highest BCUT2D eigenvalue weighted by Crippen LogP contribution is 2.09. The van der Waals surface area contributed by atoms with Gasteiger partial charge in [-0.3, -0.25) is 0 Å². The van der Waals surface area contributed by atoms with E-state index in [4.69, 9.17) is 0 Å². The zero-order valence-corrected chi connectivity index (χ0v) is 12.5. The molecule has 0 amide bonds. The lowest BCUT2D eigenvalue weighted by molar-refractivity contribution is 0.268. The third kappa shape index (κ3) is 6.37. The van der Waals surface area contributed by atoms with Crippen molar-refractivity contribution in [2.24, 2.45) is 0 Å². The van der Waals surface area contributed by atoms with E-state index in [1.54, 1.807) is 0 Å². The summed E-state index contributed by atoms with van der Waals surface area (Å²) in [6.45, 7) is 7.95. The van der Waals surface area contributed by atoms with Crippen LogP contribution in [-0.4, -0.2) is 29.6 Å². The molecule has 16 heavy (non-hydrogen) atoms. The number of hydrogen-bond acceptors (Lipinski definition) is 2. The van der Waals surface area contributed by atoms with Crippen molar-refractivity contribution in [3.05, 3.63) is 12.4 Å². The van der Waals surface area contributed by atoms with E-state index in [-0.39, 0.29) is 9.90 Å². The van der Waals surface area contributed by atoms with Gasteiger partial charge in [0, 0.05) is 25.5 Å². The summed E-state index contributed by atoms with van der Waals surface area (Å²) in [5.41, 5.74) is 0. The fourth-order valence-electron chi connectivity index (χ4n) is 1.96. The van der Waals surface area contributed by atoms with Gasteiger partial charge in [0.05, 0.1) is 6.67 Å². The molecule has 0 fully saturated rings. The summed E-state index contributed by atoms with van der Waals surface area (Å²) < 4.78 is 0. The summed E-state index contributed by atoms with van der Waals surface area (Å²) in [5, 5.41) is 0. The molecule has 0 aliphatic carbocycles. The van der Waals surface area contributed by atoms with Gasteiger partial charge in [-0.05, 0) is 13.3 Å². The predicted octanol–water partition coefficient (Wildman–Crippen LogP) is 3.47. The van der Waals surface area contributed by atoms with Crippen LogP contribution < -0.4 is 0 Å². The Morgan fingerprint density at radius 2 is 1.50 bits per heavy atom. The zero-order chi connectivity index (χ0) is 10.9. The fraction of sp³-hybridized carbons (Fsp3) is 0.846. The summed E-state index contributed by atoms with van der Waals surface area (Å²) in [6, 6.07) is 0. The van der Waals surface area contributed by atoms with Crippen LogP contribution in [0, 0.1) is 0 Å². The van der Waals surface area contributed by atoms with Gasteiger partial charge in [-0.1, -0.05) is 39.0 Å². The normalized spacial score (nSPS) is 14.4. The molecule has 1 atom stereocenters. The molecular weight excluding hydrogens is 215 g/mol. The van der Waals surface area contributed by atoms with Gasteiger partial charge in [0.15, 0.2) is 0 Å². The lowest BCUT2D eigenvalue weighted by Crippen LogP contribution is -2.25. The van der Waals surface area contributed by atoms with E-state index in [2.05, 4.69) is 36.0 Å². The van der Waals surface area contributed by atoms with Gasteiger partial charge < -0.3 is 9.80 Å². The Morgan fingerprint density at radius 1 is 0.875 bits per heavy atom. The van der Waals surface area contributed by atoms with Gasteiger partial charge in [0.25, 0.3) is 0 Å². The van der Waals surface area contributed by atoms with Crippen molar-refractivity contribution in [3.63, 3.8) is 0 Å². The molecule has 96 valence electrons. The molecule has 0 aromatic rings. The average molecular weight is 244 g/mol. The van der Waals surface area contributed by atoms with Crippen molar-refractivity contribution in [1.82, 2.24) is 9.80 Å². The van der Waals surface area contributed by atoms with E-state index in [0.29, 0.717) is 0 Å². The maximum Gasteiger partial charge on any atom is 0.0893 e. The van der Waals surface area contributed by atoms with Gasteiger partial charge >= 0.3 is 0 Å². The van der Waals surface area contributed by atoms with E-state index in [1.165, 1.54) is 45.1 Å². The Balaban J connectivity index is 0.00000225. The first-order valence-corrected chi connectivity index (χ1v) is 6.53. The molecule has 0 radical (unpaired) electrons. The minimum absolute atomic E-state index is 0. The van der Waals surface area contributed by atoms with Crippen LogP contribution in [-0.2, 0) is 0 Å². The SMILES string of the molecule is CCCCCCCCN1C=CN(CC)C1.P. The Kier molecular flexibility index (Phi) is 9.82. The number of unbranched alkanes of at least 4 members (excludes halogenated alkanes) is 5. The highest BCUT2D eigenvalue weighted by atomic mass is 31.0. The average Bonchev–Trinajstić information content (AvgIpc) is 2.71. The topological polar surface area (TPSA) is 6.48 Å². The van der Waals surface area contributed by atoms with Crippen molar-refractivity contribution in [3.8, 4) is 0 Å². The fourth-order valence-corrected chi connectivity index (χ4v) is 1.96. The van der Waals surface area contributed by atoms with E-state index in [1.807, 2.05) is 0 Å². The summed E-state index contributed by atoms with van der Waals surface area (Å²) in [4.78, 5) is 4.76. The first-order chi connectivity index (χ1) is 7.36. The van der Waals surface area contributed by atoms with Crippen LogP contribution in [0.5, 0.6) is 0 Å². The Hall–Kier alpha value is -0.230.